The van der Waals surface area contributed by atoms with Gasteiger partial charge in [-0.25, -0.2) is 0 Å². The minimum atomic E-state index is 0.0502. The van der Waals surface area contributed by atoms with Gasteiger partial charge in [0, 0.05) is 43.2 Å². The average molecular weight is 449 g/mol. The summed E-state index contributed by atoms with van der Waals surface area (Å²) in [5.41, 5.74) is 4.08. The molecule has 1 saturated carbocycles. The number of rotatable bonds is 6. The maximum Gasteiger partial charge on any atom is 0.273 e. The van der Waals surface area contributed by atoms with Crippen LogP contribution in [0.2, 0.25) is 0 Å². The molecule has 3 aromatic rings. The number of hydrogen-bond donors (Lipinski definition) is 1. The zero-order chi connectivity index (χ0) is 22.9. The van der Waals surface area contributed by atoms with Gasteiger partial charge in [0.05, 0.1) is 6.20 Å². The molecule has 1 fully saturated rings. The van der Waals surface area contributed by atoms with E-state index in [-0.39, 0.29) is 5.56 Å². The lowest BCUT2D eigenvalue weighted by molar-refractivity contribution is 0.174. The van der Waals surface area contributed by atoms with E-state index >= 15 is 0 Å². The third-order valence-corrected chi connectivity index (χ3v) is 6.64. The van der Waals surface area contributed by atoms with Crippen LogP contribution in [0.15, 0.2) is 47.7 Å². The number of fused-ring (bicyclic) bond motifs is 1. The minimum absolute atomic E-state index is 0.0502. The Bertz CT molecular complexity index is 1190. The van der Waals surface area contributed by atoms with Crippen LogP contribution in [-0.4, -0.2) is 27.2 Å². The smallest absolute Gasteiger partial charge is 0.273 e. The Morgan fingerprint density at radius 1 is 1.06 bits per heavy atom. The van der Waals surface area contributed by atoms with Gasteiger partial charge in [0.2, 0.25) is 6.79 Å². The van der Waals surface area contributed by atoms with Crippen LogP contribution in [0.25, 0.3) is 11.1 Å². The standard InChI is InChI=1S/C26H32N4O3/c1-17(2)13-30-15-20(21-12-27-29(3)14-21)10-23(26(30)31)28-22-7-4-18(5-8-22)19-6-9-24-25(11-19)33-16-32-24/h6,9-12,14-15,17-18,22,28H,4-5,7-8,13,16H2,1-3H3/t18-,22+. The predicted molar refractivity (Wildman–Crippen MR) is 129 cm³/mol. The second kappa shape index (κ2) is 8.96. The molecule has 2 aromatic heterocycles. The van der Waals surface area contributed by atoms with Gasteiger partial charge in [0.25, 0.3) is 5.56 Å². The van der Waals surface area contributed by atoms with Crippen LogP contribution in [0.1, 0.15) is 51.0 Å². The number of benzene rings is 1. The van der Waals surface area contributed by atoms with Crippen molar-refractivity contribution in [3.63, 3.8) is 0 Å². The van der Waals surface area contributed by atoms with Crippen LogP contribution < -0.4 is 20.3 Å². The predicted octanol–water partition coefficient (Wildman–Crippen LogP) is 4.77. The van der Waals surface area contributed by atoms with Crippen molar-refractivity contribution in [3.05, 3.63) is 58.8 Å². The summed E-state index contributed by atoms with van der Waals surface area (Å²) in [7, 11) is 1.91. The number of hydrogen-bond acceptors (Lipinski definition) is 5. The number of aryl methyl sites for hydroxylation is 1. The molecule has 1 aliphatic heterocycles. The number of nitrogens with zero attached hydrogens (tertiary/aromatic N) is 3. The lowest BCUT2D eigenvalue weighted by atomic mass is 9.81. The maximum absolute atomic E-state index is 13.2. The summed E-state index contributed by atoms with van der Waals surface area (Å²) in [6, 6.07) is 8.58. The van der Waals surface area contributed by atoms with E-state index in [0.29, 0.717) is 36.9 Å². The van der Waals surface area contributed by atoms with E-state index in [1.165, 1.54) is 5.56 Å². The summed E-state index contributed by atoms with van der Waals surface area (Å²) < 4.78 is 14.6. The van der Waals surface area contributed by atoms with Crippen molar-refractivity contribution in [1.82, 2.24) is 14.3 Å². The van der Waals surface area contributed by atoms with E-state index in [2.05, 4.69) is 36.4 Å². The Morgan fingerprint density at radius 3 is 2.58 bits per heavy atom. The second-order valence-electron chi connectivity index (χ2n) is 9.70. The lowest BCUT2D eigenvalue weighted by Crippen LogP contribution is -2.31. The molecule has 7 heteroatoms. The van der Waals surface area contributed by atoms with Crippen molar-refractivity contribution in [2.24, 2.45) is 13.0 Å². The number of aromatic nitrogens is 3. The topological polar surface area (TPSA) is 70.3 Å². The van der Waals surface area contributed by atoms with Crippen molar-refractivity contribution in [3.8, 4) is 22.6 Å². The Kier molecular flexibility index (Phi) is 5.87. The highest BCUT2D eigenvalue weighted by Crippen LogP contribution is 2.39. The average Bonchev–Trinajstić information content (AvgIpc) is 3.45. The Morgan fingerprint density at radius 2 is 1.85 bits per heavy atom. The highest BCUT2D eigenvalue weighted by atomic mass is 16.7. The fraction of sp³-hybridized carbons (Fsp3) is 0.462. The summed E-state index contributed by atoms with van der Waals surface area (Å²) >= 11 is 0. The van der Waals surface area contributed by atoms with Crippen LogP contribution in [0.4, 0.5) is 5.69 Å². The first-order valence-electron chi connectivity index (χ1n) is 11.9. The SMILES string of the molecule is CC(C)Cn1cc(-c2cnn(C)c2)cc(N[C@H]2CC[C@@H](c3ccc4c(c3)OCO4)CC2)c1=O. The molecule has 1 N–H and O–H groups in total. The van der Waals surface area contributed by atoms with Gasteiger partial charge in [-0.15, -0.1) is 0 Å². The molecule has 0 amide bonds. The van der Waals surface area contributed by atoms with Crippen molar-refractivity contribution >= 4 is 5.69 Å². The number of anilines is 1. The molecule has 0 saturated heterocycles. The van der Waals surface area contributed by atoms with Crippen molar-refractivity contribution < 1.29 is 9.47 Å². The molecule has 2 aliphatic rings. The normalized spacial score (nSPS) is 19.8. The van der Waals surface area contributed by atoms with Crippen molar-refractivity contribution in [1.29, 1.82) is 0 Å². The summed E-state index contributed by atoms with van der Waals surface area (Å²) in [5.74, 6) is 2.58. The van der Waals surface area contributed by atoms with Gasteiger partial charge in [0.1, 0.15) is 5.69 Å². The van der Waals surface area contributed by atoms with E-state index in [0.717, 1.165) is 48.3 Å². The van der Waals surface area contributed by atoms with E-state index in [9.17, 15) is 4.79 Å². The summed E-state index contributed by atoms with van der Waals surface area (Å²) in [5, 5.41) is 7.89. The molecular weight excluding hydrogens is 416 g/mol. The summed E-state index contributed by atoms with van der Waals surface area (Å²) in [4.78, 5) is 13.2. The first-order chi connectivity index (χ1) is 16.0. The van der Waals surface area contributed by atoms with Gasteiger partial charge in [0.15, 0.2) is 11.5 Å². The van der Waals surface area contributed by atoms with Crippen LogP contribution in [0.3, 0.4) is 0 Å². The van der Waals surface area contributed by atoms with Gasteiger partial charge >= 0.3 is 0 Å². The summed E-state index contributed by atoms with van der Waals surface area (Å²) in [6.45, 7) is 5.27. The molecule has 33 heavy (non-hydrogen) atoms. The van der Waals surface area contributed by atoms with Gasteiger partial charge < -0.3 is 19.4 Å². The third-order valence-electron chi connectivity index (χ3n) is 6.64. The Labute approximate surface area is 194 Å². The monoisotopic (exact) mass is 448 g/mol. The van der Waals surface area contributed by atoms with E-state index in [1.54, 1.807) is 4.68 Å². The highest BCUT2D eigenvalue weighted by Gasteiger charge is 2.25. The Balaban J connectivity index is 1.32. The Hall–Kier alpha value is -3.22. The molecule has 0 spiro atoms. The molecule has 0 radical (unpaired) electrons. The van der Waals surface area contributed by atoms with E-state index < -0.39 is 0 Å². The molecule has 0 unspecified atom stereocenters. The molecular formula is C26H32N4O3. The highest BCUT2D eigenvalue weighted by molar-refractivity contribution is 5.65. The number of ether oxygens (including phenoxy) is 2. The first-order valence-corrected chi connectivity index (χ1v) is 11.9. The summed E-state index contributed by atoms with van der Waals surface area (Å²) in [6.07, 6.45) is 10.0. The largest absolute Gasteiger partial charge is 0.454 e. The zero-order valence-corrected chi connectivity index (χ0v) is 19.6. The quantitative estimate of drug-likeness (QED) is 0.588. The molecule has 3 heterocycles. The van der Waals surface area contributed by atoms with Gasteiger partial charge in [-0.05, 0) is 61.3 Å². The number of pyridine rings is 1. The molecule has 174 valence electrons. The van der Waals surface area contributed by atoms with Crippen LogP contribution in [-0.2, 0) is 13.6 Å². The molecule has 1 aliphatic carbocycles. The fourth-order valence-corrected chi connectivity index (χ4v) is 4.95. The maximum atomic E-state index is 13.2. The fourth-order valence-electron chi connectivity index (χ4n) is 4.95. The van der Waals surface area contributed by atoms with E-state index in [4.69, 9.17) is 9.47 Å². The zero-order valence-electron chi connectivity index (χ0n) is 19.6. The van der Waals surface area contributed by atoms with E-state index in [1.807, 2.05) is 42.3 Å². The first kappa shape index (κ1) is 21.6. The van der Waals surface area contributed by atoms with Gasteiger partial charge in [-0.3, -0.25) is 9.48 Å². The van der Waals surface area contributed by atoms with Crippen molar-refractivity contribution in [2.45, 2.75) is 58.0 Å². The van der Waals surface area contributed by atoms with Crippen molar-refractivity contribution in [2.75, 3.05) is 12.1 Å². The number of nitrogens with one attached hydrogen (secondary N) is 1. The van der Waals surface area contributed by atoms with Crippen LogP contribution >= 0.6 is 0 Å². The third kappa shape index (κ3) is 4.63. The second-order valence-corrected chi connectivity index (χ2v) is 9.70. The molecule has 0 atom stereocenters. The minimum Gasteiger partial charge on any atom is -0.454 e. The molecule has 5 rings (SSSR count). The molecule has 7 nitrogen and oxygen atoms in total. The van der Waals surface area contributed by atoms with Crippen LogP contribution in [0.5, 0.6) is 11.5 Å². The van der Waals surface area contributed by atoms with Gasteiger partial charge in [-0.1, -0.05) is 19.9 Å². The molecule has 1 aromatic carbocycles. The lowest BCUT2D eigenvalue weighted by Gasteiger charge is -2.30. The van der Waals surface area contributed by atoms with Crippen LogP contribution in [0, 0.1) is 5.92 Å². The molecule has 0 bridgehead atoms. The van der Waals surface area contributed by atoms with Gasteiger partial charge in [-0.2, -0.15) is 5.10 Å².